The molecule has 3 rings (SSSR count). The van der Waals surface area contributed by atoms with Gasteiger partial charge >= 0.3 is 5.69 Å². The van der Waals surface area contributed by atoms with Crippen LogP contribution in [0, 0.1) is 11.3 Å². The molecule has 1 aromatic heterocycles. The van der Waals surface area contributed by atoms with Crippen LogP contribution in [-0.2, 0) is 6.54 Å². The molecule has 0 bridgehead atoms. The molecule has 28 heavy (non-hydrogen) atoms. The Morgan fingerprint density at radius 2 is 2.18 bits per heavy atom. The molecule has 1 atom stereocenters. The van der Waals surface area contributed by atoms with E-state index in [1.807, 2.05) is 32.0 Å². The number of H-pyrrole nitrogens is 1. The predicted octanol–water partition coefficient (Wildman–Crippen LogP) is 1.00. The van der Waals surface area contributed by atoms with Gasteiger partial charge in [-0.25, -0.2) is 4.79 Å². The van der Waals surface area contributed by atoms with Crippen LogP contribution in [0.5, 0.6) is 0 Å². The van der Waals surface area contributed by atoms with E-state index in [-0.39, 0.29) is 11.7 Å². The molecule has 3 N–H and O–H groups in total. The minimum Gasteiger partial charge on any atom is -0.368 e. The highest BCUT2D eigenvalue weighted by atomic mass is 16.1. The molecule has 0 unspecified atom stereocenters. The SMILES string of the molecule is C=c1[nH]c(=O)n(Cc2ccccc2C#N)/c1=C(/C=C(C)C)N1CCC[C@@H](N)C1. The summed E-state index contributed by atoms with van der Waals surface area (Å²) in [7, 11) is 0. The predicted molar refractivity (Wildman–Crippen MR) is 112 cm³/mol. The van der Waals surface area contributed by atoms with E-state index < -0.39 is 0 Å². The highest BCUT2D eigenvalue weighted by Gasteiger charge is 2.20. The van der Waals surface area contributed by atoms with Crippen LogP contribution in [0.25, 0.3) is 12.3 Å². The van der Waals surface area contributed by atoms with Crippen LogP contribution in [0.15, 0.2) is 40.7 Å². The summed E-state index contributed by atoms with van der Waals surface area (Å²) in [4.78, 5) is 17.8. The van der Waals surface area contributed by atoms with Gasteiger partial charge in [-0.05, 0) is 44.4 Å². The lowest BCUT2D eigenvalue weighted by Crippen LogP contribution is -2.46. The summed E-state index contributed by atoms with van der Waals surface area (Å²) < 4.78 is 1.67. The summed E-state index contributed by atoms with van der Waals surface area (Å²) >= 11 is 0. The second-order valence-electron chi connectivity index (χ2n) is 7.57. The second-order valence-corrected chi connectivity index (χ2v) is 7.57. The van der Waals surface area contributed by atoms with Crippen molar-refractivity contribution in [2.45, 2.75) is 39.3 Å². The molecule has 0 aliphatic carbocycles. The van der Waals surface area contributed by atoms with Gasteiger partial charge in [0.15, 0.2) is 0 Å². The number of nitriles is 1. The molecule has 1 fully saturated rings. The van der Waals surface area contributed by atoms with E-state index >= 15 is 0 Å². The highest BCUT2D eigenvalue weighted by Crippen LogP contribution is 2.16. The number of nitrogens with zero attached hydrogens (tertiary/aromatic N) is 3. The minimum atomic E-state index is -0.228. The highest BCUT2D eigenvalue weighted by molar-refractivity contribution is 5.55. The number of rotatable bonds is 4. The molecule has 2 heterocycles. The second kappa shape index (κ2) is 8.32. The normalized spacial score (nSPS) is 17.8. The molecular formula is C22H27N5O. The Bertz CT molecular complexity index is 1100. The first-order valence-corrected chi connectivity index (χ1v) is 9.56. The summed E-state index contributed by atoms with van der Waals surface area (Å²) in [5.41, 5.74) is 9.44. The maximum absolute atomic E-state index is 12.7. The smallest absolute Gasteiger partial charge is 0.326 e. The van der Waals surface area contributed by atoms with Crippen molar-refractivity contribution in [3.63, 3.8) is 0 Å². The number of benzene rings is 1. The van der Waals surface area contributed by atoms with Crippen molar-refractivity contribution in [3.05, 3.63) is 68.2 Å². The van der Waals surface area contributed by atoms with E-state index in [2.05, 4.69) is 28.6 Å². The number of likely N-dealkylation sites (tertiary alicyclic amines) is 1. The number of nitrogens with two attached hydrogens (primary N) is 1. The lowest BCUT2D eigenvalue weighted by Gasteiger charge is -2.33. The summed E-state index contributed by atoms with van der Waals surface area (Å²) in [6.45, 7) is 10.1. The average Bonchev–Trinajstić information content (AvgIpc) is 2.93. The van der Waals surface area contributed by atoms with Crippen LogP contribution in [0.4, 0.5) is 0 Å². The number of piperidine rings is 1. The van der Waals surface area contributed by atoms with E-state index in [1.54, 1.807) is 10.6 Å². The van der Waals surface area contributed by atoms with E-state index in [0.717, 1.165) is 48.1 Å². The van der Waals surface area contributed by atoms with Crippen molar-refractivity contribution in [1.29, 1.82) is 5.26 Å². The number of imidazole rings is 1. The molecule has 0 radical (unpaired) electrons. The Balaban J connectivity index is 2.23. The van der Waals surface area contributed by atoms with E-state index in [4.69, 9.17) is 5.73 Å². The number of nitrogens with one attached hydrogen (secondary N) is 1. The fraction of sp³-hybridized carbons (Fsp3) is 0.364. The number of allylic oxidation sites excluding steroid dienone is 1. The molecular weight excluding hydrogens is 350 g/mol. The van der Waals surface area contributed by atoms with Crippen LogP contribution >= 0.6 is 0 Å². The standard InChI is InChI=1S/C22H27N5O/c1-15(2)11-20(26-10-6-9-19(24)14-26)21-16(3)25-22(28)27(21)13-18-8-5-4-7-17(18)12-23/h4-5,7-8,11,19H,3,6,9-10,13-14,24H2,1-2H3,(H,25,28)/b21-20-/t19-/m1/s1. The molecule has 146 valence electrons. The third-order valence-corrected chi connectivity index (χ3v) is 4.99. The summed E-state index contributed by atoms with van der Waals surface area (Å²) in [5.74, 6) is 0. The van der Waals surface area contributed by atoms with Gasteiger partial charge in [0, 0.05) is 19.1 Å². The van der Waals surface area contributed by atoms with Gasteiger partial charge in [-0.15, -0.1) is 0 Å². The van der Waals surface area contributed by atoms with Crippen molar-refractivity contribution in [2.24, 2.45) is 5.73 Å². The third kappa shape index (κ3) is 4.10. The molecule has 0 amide bonds. The third-order valence-electron chi connectivity index (χ3n) is 4.99. The zero-order chi connectivity index (χ0) is 20.3. The van der Waals surface area contributed by atoms with Gasteiger partial charge in [0.25, 0.3) is 0 Å². The largest absolute Gasteiger partial charge is 0.368 e. The zero-order valence-corrected chi connectivity index (χ0v) is 16.5. The molecule has 1 aromatic carbocycles. The van der Waals surface area contributed by atoms with Gasteiger partial charge in [-0.3, -0.25) is 4.57 Å². The van der Waals surface area contributed by atoms with Crippen LogP contribution in [0.2, 0.25) is 0 Å². The van der Waals surface area contributed by atoms with Crippen molar-refractivity contribution >= 4 is 12.3 Å². The molecule has 1 aliphatic rings. The van der Waals surface area contributed by atoms with Gasteiger partial charge < -0.3 is 15.6 Å². The van der Waals surface area contributed by atoms with Gasteiger partial charge in [0.05, 0.1) is 34.6 Å². The maximum atomic E-state index is 12.7. The van der Waals surface area contributed by atoms with Crippen LogP contribution in [0.3, 0.4) is 0 Å². The number of hydrogen-bond acceptors (Lipinski definition) is 4. The quantitative estimate of drug-likeness (QED) is 0.832. The number of hydrogen-bond donors (Lipinski definition) is 2. The Hall–Kier alpha value is -3.04. The maximum Gasteiger partial charge on any atom is 0.326 e. The Morgan fingerprint density at radius 1 is 1.43 bits per heavy atom. The molecule has 0 spiro atoms. The fourth-order valence-corrected chi connectivity index (χ4v) is 3.71. The van der Waals surface area contributed by atoms with Gasteiger partial charge in [0.2, 0.25) is 0 Å². The molecule has 6 nitrogen and oxygen atoms in total. The summed E-state index contributed by atoms with van der Waals surface area (Å²) in [6.07, 6.45) is 4.10. The molecule has 0 saturated carbocycles. The van der Waals surface area contributed by atoms with E-state index in [9.17, 15) is 10.1 Å². The number of aromatic amines is 1. The van der Waals surface area contributed by atoms with Crippen molar-refractivity contribution in [3.8, 4) is 6.07 Å². The molecule has 1 saturated heterocycles. The Morgan fingerprint density at radius 3 is 2.86 bits per heavy atom. The van der Waals surface area contributed by atoms with Gasteiger partial charge in [0.1, 0.15) is 0 Å². The van der Waals surface area contributed by atoms with Gasteiger partial charge in [-0.1, -0.05) is 30.4 Å². The van der Waals surface area contributed by atoms with Gasteiger partial charge in [-0.2, -0.15) is 5.26 Å². The molecule has 1 aliphatic heterocycles. The average molecular weight is 377 g/mol. The monoisotopic (exact) mass is 377 g/mol. The zero-order valence-electron chi connectivity index (χ0n) is 16.5. The Kier molecular flexibility index (Phi) is 5.86. The van der Waals surface area contributed by atoms with Crippen molar-refractivity contribution < 1.29 is 0 Å². The topological polar surface area (TPSA) is 90.8 Å². The Labute approximate surface area is 164 Å². The molecule has 2 aromatic rings. The van der Waals surface area contributed by atoms with Crippen molar-refractivity contribution in [2.75, 3.05) is 13.1 Å². The van der Waals surface area contributed by atoms with Crippen LogP contribution < -0.4 is 22.1 Å². The van der Waals surface area contributed by atoms with Crippen LogP contribution in [-0.4, -0.2) is 33.6 Å². The van der Waals surface area contributed by atoms with Crippen LogP contribution in [0.1, 0.15) is 37.8 Å². The first-order chi connectivity index (χ1) is 13.4. The lowest BCUT2D eigenvalue weighted by molar-refractivity contribution is 0.294. The van der Waals surface area contributed by atoms with E-state index in [1.165, 1.54) is 0 Å². The first-order valence-electron chi connectivity index (χ1n) is 9.56. The summed E-state index contributed by atoms with van der Waals surface area (Å²) in [5, 5.41) is 10.7. The summed E-state index contributed by atoms with van der Waals surface area (Å²) in [6, 6.07) is 9.66. The lowest BCUT2D eigenvalue weighted by atomic mass is 10.1. The minimum absolute atomic E-state index is 0.112. The van der Waals surface area contributed by atoms with Crippen molar-refractivity contribution in [1.82, 2.24) is 14.5 Å². The molecule has 6 heteroatoms. The number of aromatic nitrogens is 2. The van der Waals surface area contributed by atoms with E-state index in [0.29, 0.717) is 17.5 Å². The fourth-order valence-electron chi connectivity index (χ4n) is 3.71. The first kappa shape index (κ1) is 19.7.